The average Bonchev–Trinajstić information content (AvgIpc) is 2.20. The van der Waals surface area contributed by atoms with Crippen molar-refractivity contribution in [3.63, 3.8) is 0 Å². The first-order chi connectivity index (χ1) is 6.63. The largest absolute Gasteiger partial charge is 0.483 e. The van der Waals surface area contributed by atoms with Crippen molar-refractivity contribution >= 4 is 5.78 Å². The van der Waals surface area contributed by atoms with Crippen LogP contribution in [0.4, 0.5) is 0 Å². The summed E-state index contributed by atoms with van der Waals surface area (Å²) in [5, 5.41) is 0. The minimum atomic E-state index is -0.345. The fourth-order valence-corrected chi connectivity index (χ4v) is 1.17. The van der Waals surface area contributed by atoms with Gasteiger partial charge < -0.3 is 4.74 Å². The zero-order valence-corrected chi connectivity index (χ0v) is 8.91. The molecule has 0 aliphatic rings. The van der Waals surface area contributed by atoms with E-state index in [1.165, 1.54) is 5.56 Å². The summed E-state index contributed by atoms with van der Waals surface area (Å²) in [6.45, 7) is 5.65. The summed E-state index contributed by atoms with van der Waals surface area (Å²) in [5.74, 6) is 0.885. The summed E-state index contributed by atoms with van der Waals surface area (Å²) >= 11 is 0. The molecule has 76 valence electrons. The van der Waals surface area contributed by atoms with Crippen LogP contribution < -0.4 is 4.74 Å². The van der Waals surface area contributed by atoms with Gasteiger partial charge in [0.1, 0.15) is 5.75 Å². The summed E-state index contributed by atoms with van der Waals surface area (Å²) in [6, 6.07) is 7.71. The van der Waals surface area contributed by atoms with Crippen molar-refractivity contribution in [1.82, 2.24) is 0 Å². The Hall–Kier alpha value is -1.31. The lowest BCUT2D eigenvalue weighted by molar-refractivity contribution is -0.124. The zero-order chi connectivity index (χ0) is 10.6. The minimum Gasteiger partial charge on any atom is -0.483 e. The van der Waals surface area contributed by atoms with Crippen molar-refractivity contribution < 1.29 is 9.53 Å². The van der Waals surface area contributed by atoms with E-state index in [4.69, 9.17) is 4.74 Å². The SMILES string of the molecule is CCC(=O)[C@H](C)Oc1ccc(C)cc1. The van der Waals surface area contributed by atoms with Crippen molar-refractivity contribution in [2.45, 2.75) is 33.3 Å². The van der Waals surface area contributed by atoms with E-state index >= 15 is 0 Å². The number of carbonyl (C=O) groups excluding carboxylic acids is 1. The molecule has 0 amide bonds. The van der Waals surface area contributed by atoms with Crippen molar-refractivity contribution in [2.75, 3.05) is 0 Å². The molecule has 1 aromatic rings. The Balaban J connectivity index is 2.60. The quantitative estimate of drug-likeness (QED) is 0.733. The molecule has 0 saturated heterocycles. The van der Waals surface area contributed by atoms with Gasteiger partial charge in [0.2, 0.25) is 0 Å². The van der Waals surface area contributed by atoms with Gasteiger partial charge in [-0.25, -0.2) is 0 Å². The van der Waals surface area contributed by atoms with E-state index in [0.717, 1.165) is 5.75 Å². The third-order valence-corrected chi connectivity index (χ3v) is 2.14. The number of Topliss-reactive ketones (excluding diaryl/α,β-unsaturated/α-hetero) is 1. The van der Waals surface area contributed by atoms with Gasteiger partial charge >= 0.3 is 0 Å². The first-order valence-electron chi connectivity index (χ1n) is 4.89. The molecule has 0 N–H and O–H groups in total. The van der Waals surface area contributed by atoms with Crippen LogP contribution in [-0.2, 0) is 4.79 Å². The van der Waals surface area contributed by atoms with Gasteiger partial charge in [-0.2, -0.15) is 0 Å². The maximum absolute atomic E-state index is 11.3. The molecule has 2 nitrogen and oxygen atoms in total. The molecular weight excluding hydrogens is 176 g/mol. The Morgan fingerprint density at radius 2 is 1.93 bits per heavy atom. The highest BCUT2D eigenvalue weighted by Gasteiger charge is 2.11. The Bertz CT molecular complexity index is 301. The Kier molecular flexibility index (Phi) is 3.69. The van der Waals surface area contributed by atoms with E-state index in [9.17, 15) is 4.79 Å². The number of ether oxygens (including phenoxy) is 1. The van der Waals surface area contributed by atoms with Gasteiger partial charge in [0.05, 0.1) is 0 Å². The maximum atomic E-state index is 11.3. The monoisotopic (exact) mass is 192 g/mol. The molecule has 2 heteroatoms. The molecular formula is C12H16O2. The molecule has 0 fully saturated rings. The van der Waals surface area contributed by atoms with E-state index in [-0.39, 0.29) is 11.9 Å². The molecule has 0 aliphatic heterocycles. The molecule has 1 atom stereocenters. The molecule has 0 radical (unpaired) electrons. The van der Waals surface area contributed by atoms with E-state index in [1.807, 2.05) is 38.1 Å². The van der Waals surface area contributed by atoms with Crippen LogP contribution in [0.5, 0.6) is 5.75 Å². The van der Waals surface area contributed by atoms with Gasteiger partial charge in [-0.05, 0) is 26.0 Å². The Morgan fingerprint density at radius 3 is 2.43 bits per heavy atom. The predicted molar refractivity (Wildman–Crippen MR) is 56.6 cm³/mol. The number of hydrogen-bond donors (Lipinski definition) is 0. The Labute approximate surface area is 84.9 Å². The lowest BCUT2D eigenvalue weighted by Gasteiger charge is -2.12. The third kappa shape index (κ3) is 2.87. The summed E-state index contributed by atoms with van der Waals surface area (Å²) in [5.41, 5.74) is 1.19. The van der Waals surface area contributed by atoms with E-state index in [1.54, 1.807) is 6.92 Å². The third-order valence-electron chi connectivity index (χ3n) is 2.14. The van der Waals surface area contributed by atoms with Gasteiger partial charge in [0.15, 0.2) is 11.9 Å². The lowest BCUT2D eigenvalue weighted by Crippen LogP contribution is -2.22. The van der Waals surface area contributed by atoms with Crippen LogP contribution in [0.1, 0.15) is 25.8 Å². The standard InChI is InChI=1S/C12H16O2/c1-4-12(13)10(3)14-11-7-5-9(2)6-8-11/h5-8,10H,4H2,1-3H3/t10-/m0/s1. The lowest BCUT2D eigenvalue weighted by atomic mass is 10.2. The predicted octanol–water partition coefficient (Wildman–Crippen LogP) is 2.74. The second-order valence-corrected chi connectivity index (χ2v) is 3.39. The summed E-state index contributed by atoms with van der Waals surface area (Å²) < 4.78 is 5.47. The number of carbonyl (C=O) groups is 1. The molecule has 0 aromatic heterocycles. The van der Waals surface area contributed by atoms with Crippen molar-refractivity contribution in [1.29, 1.82) is 0 Å². The van der Waals surface area contributed by atoms with Crippen molar-refractivity contribution in [3.8, 4) is 5.75 Å². The minimum absolute atomic E-state index is 0.130. The smallest absolute Gasteiger partial charge is 0.172 e. The number of ketones is 1. The van der Waals surface area contributed by atoms with Gasteiger partial charge in [0.25, 0.3) is 0 Å². The van der Waals surface area contributed by atoms with Crippen LogP contribution in [-0.4, -0.2) is 11.9 Å². The van der Waals surface area contributed by atoms with Gasteiger partial charge in [-0.15, -0.1) is 0 Å². The van der Waals surface area contributed by atoms with Crippen LogP contribution in [0, 0.1) is 6.92 Å². The maximum Gasteiger partial charge on any atom is 0.172 e. The van der Waals surface area contributed by atoms with E-state index < -0.39 is 0 Å². The second-order valence-electron chi connectivity index (χ2n) is 3.39. The highest BCUT2D eigenvalue weighted by Crippen LogP contribution is 2.13. The first-order valence-corrected chi connectivity index (χ1v) is 4.89. The van der Waals surface area contributed by atoms with Crippen molar-refractivity contribution in [3.05, 3.63) is 29.8 Å². The van der Waals surface area contributed by atoms with E-state index in [2.05, 4.69) is 0 Å². The van der Waals surface area contributed by atoms with E-state index in [0.29, 0.717) is 6.42 Å². The molecule has 0 unspecified atom stereocenters. The number of hydrogen-bond acceptors (Lipinski definition) is 2. The second kappa shape index (κ2) is 4.80. The molecule has 0 heterocycles. The first kappa shape index (κ1) is 10.8. The summed E-state index contributed by atoms with van der Waals surface area (Å²) in [4.78, 5) is 11.3. The molecule has 0 aliphatic carbocycles. The normalized spacial score (nSPS) is 12.2. The van der Waals surface area contributed by atoms with Gasteiger partial charge in [-0.1, -0.05) is 24.6 Å². The fourth-order valence-electron chi connectivity index (χ4n) is 1.17. The molecule has 0 saturated carbocycles. The molecule has 14 heavy (non-hydrogen) atoms. The summed E-state index contributed by atoms with van der Waals surface area (Å²) in [6.07, 6.45) is 0.176. The topological polar surface area (TPSA) is 26.3 Å². The number of rotatable bonds is 4. The zero-order valence-electron chi connectivity index (χ0n) is 8.91. The highest BCUT2D eigenvalue weighted by atomic mass is 16.5. The van der Waals surface area contributed by atoms with Crippen LogP contribution in [0.15, 0.2) is 24.3 Å². The average molecular weight is 192 g/mol. The molecule has 0 bridgehead atoms. The van der Waals surface area contributed by atoms with Gasteiger partial charge in [0, 0.05) is 6.42 Å². The molecule has 1 aromatic carbocycles. The highest BCUT2D eigenvalue weighted by molar-refractivity contribution is 5.82. The van der Waals surface area contributed by atoms with Crippen LogP contribution in [0.3, 0.4) is 0 Å². The van der Waals surface area contributed by atoms with Gasteiger partial charge in [-0.3, -0.25) is 4.79 Å². The van der Waals surface area contributed by atoms with Crippen LogP contribution in [0.2, 0.25) is 0 Å². The van der Waals surface area contributed by atoms with Crippen LogP contribution >= 0.6 is 0 Å². The van der Waals surface area contributed by atoms with Crippen LogP contribution in [0.25, 0.3) is 0 Å². The number of benzene rings is 1. The molecule has 1 rings (SSSR count). The van der Waals surface area contributed by atoms with Crippen molar-refractivity contribution in [2.24, 2.45) is 0 Å². The summed E-state index contributed by atoms with van der Waals surface area (Å²) in [7, 11) is 0. The molecule has 0 spiro atoms. The fraction of sp³-hybridized carbons (Fsp3) is 0.417. The number of aryl methyl sites for hydroxylation is 1. The Morgan fingerprint density at radius 1 is 1.36 bits per heavy atom.